The molecule has 5 rings (SSSR count). The Balaban J connectivity index is 1.65. The summed E-state index contributed by atoms with van der Waals surface area (Å²) in [5.41, 5.74) is 5.56. The molecule has 136 valence electrons. The maximum Gasteiger partial charge on any atom is 0.195 e. The fourth-order valence-corrected chi connectivity index (χ4v) is 4.65. The summed E-state index contributed by atoms with van der Waals surface area (Å²) in [6.07, 6.45) is 0. The van der Waals surface area contributed by atoms with Gasteiger partial charge in [-0.15, -0.1) is 10.2 Å². The molecule has 0 spiro atoms. The third-order valence-electron chi connectivity index (χ3n) is 4.83. The summed E-state index contributed by atoms with van der Waals surface area (Å²) in [4.78, 5) is 2.30. The molecule has 2 heterocycles. The smallest absolute Gasteiger partial charge is 0.195 e. The van der Waals surface area contributed by atoms with Crippen molar-refractivity contribution in [3.63, 3.8) is 0 Å². The van der Waals surface area contributed by atoms with Crippen molar-refractivity contribution in [2.45, 2.75) is 6.04 Å². The molecule has 0 fully saturated rings. The predicted molar refractivity (Wildman–Crippen MR) is 121 cm³/mol. The van der Waals surface area contributed by atoms with E-state index in [4.69, 9.17) is 0 Å². The van der Waals surface area contributed by atoms with Crippen LogP contribution in [0.4, 0.5) is 0 Å². The lowest BCUT2D eigenvalue weighted by molar-refractivity contribution is 0.532. The quantitative estimate of drug-likeness (QED) is 0.472. The van der Waals surface area contributed by atoms with E-state index in [0.29, 0.717) is 0 Å². The largest absolute Gasteiger partial charge is 0.305 e. The summed E-state index contributed by atoms with van der Waals surface area (Å²) < 4.78 is 1.07. The predicted octanol–water partition coefficient (Wildman–Crippen LogP) is 6.31. The standard InChI is InChI=1S/C23H16BrN3S/c24-19-13-11-16(12-14-19)20-15-28-23-26-25-21(17-7-3-1-4-8-17)22(27(20)23)18-9-5-2-6-10-18/h1-15,22H. The van der Waals surface area contributed by atoms with Crippen LogP contribution in [0, 0.1) is 0 Å². The van der Waals surface area contributed by atoms with Crippen molar-refractivity contribution < 1.29 is 0 Å². The van der Waals surface area contributed by atoms with Crippen LogP contribution in [0.5, 0.6) is 0 Å². The molecule has 0 aliphatic carbocycles. The lowest BCUT2D eigenvalue weighted by Gasteiger charge is -2.35. The van der Waals surface area contributed by atoms with Crippen LogP contribution in [0.2, 0.25) is 0 Å². The van der Waals surface area contributed by atoms with Crippen LogP contribution in [0.15, 0.2) is 105 Å². The molecule has 0 N–H and O–H groups in total. The van der Waals surface area contributed by atoms with Crippen LogP contribution < -0.4 is 0 Å². The van der Waals surface area contributed by atoms with Crippen LogP contribution in [-0.2, 0) is 0 Å². The maximum atomic E-state index is 4.64. The van der Waals surface area contributed by atoms with Gasteiger partial charge in [-0.1, -0.05) is 100 Å². The first-order valence-electron chi connectivity index (χ1n) is 8.99. The van der Waals surface area contributed by atoms with Gasteiger partial charge in [0.15, 0.2) is 5.17 Å². The summed E-state index contributed by atoms with van der Waals surface area (Å²) >= 11 is 5.15. The maximum absolute atomic E-state index is 4.64. The van der Waals surface area contributed by atoms with Gasteiger partial charge >= 0.3 is 0 Å². The highest BCUT2D eigenvalue weighted by atomic mass is 79.9. The minimum Gasteiger partial charge on any atom is -0.305 e. The second-order valence-corrected chi connectivity index (χ2v) is 8.30. The number of halogens is 1. The number of benzene rings is 3. The minimum atomic E-state index is -0.0269. The number of hydrogen-bond acceptors (Lipinski definition) is 4. The van der Waals surface area contributed by atoms with Gasteiger partial charge in [-0.2, -0.15) is 0 Å². The Morgan fingerprint density at radius 1 is 0.750 bits per heavy atom. The Kier molecular flexibility index (Phi) is 4.63. The molecule has 1 unspecified atom stereocenters. The van der Waals surface area contributed by atoms with E-state index in [-0.39, 0.29) is 6.04 Å². The molecule has 3 aromatic rings. The van der Waals surface area contributed by atoms with Gasteiger partial charge in [-0.25, -0.2) is 0 Å². The molecule has 0 aromatic heterocycles. The van der Waals surface area contributed by atoms with Crippen molar-refractivity contribution in [3.05, 3.63) is 112 Å². The number of fused-ring (bicyclic) bond motifs is 1. The molecule has 2 aliphatic rings. The van der Waals surface area contributed by atoms with Gasteiger partial charge in [0.25, 0.3) is 0 Å². The first kappa shape index (κ1) is 17.5. The van der Waals surface area contributed by atoms with Gasteiger partial charge in [0.05, 0.1) is 11.4 Å². The fourth-order valence-electron chi connectivity index (χ4n) is 3.51. The van der Waals surface area contributed by atoms with Gasteiger partial charge < -0.3 is 4.90 Å². The zero-order valence-corrected chi connectivity index (χ0v) is 17.3. The molecule has 3 nitrogen and oxygen atoms in total. The number of nitrogens with zero attached hydrogens (tertiary/aromatic N) is 3. The summed E-state index contributed by atoms with van der Waals surface area (Å²) in [7, 11) is 0. The molecule has 0 saturated carbocycles. The number of hydrogen-bond donors (Lipinski definition) is 0. The third kappa shape index (κ3) is 3.11. The molecule has 1 atom stereocenters. The Morgan fingerprint density at radius 3 is 2.14 bits per heavy atom. The highest BCUT2D eigenvalue weighted by molar-refractivity contribution is 9.10. The second-order valence-electron chi connectivity index (χ2n) is 6.54. The minimum absolute atomic E-state index is 0.0269. The molecule has 28 heavy (non-hydrogen) atoms. The molecule has 0 bridgehead atoms. The van der Waals surface area contributed by atoms with Gasteiger partial charge in [0.2, 0.25) is 0 Å². The average Bonchev–Trinajstić information content (AvgIpc) is 3.19. The number of amidine groups is 1. The molecule has 0 saturated heterocycles. The van der Waals surface area contributed by atoms with E-state index in [9.17, 15) is 0 Å². The highest BCUT2D eigenvalue weighted by Crippen LogP contribution is 2.43. The van der Waals surface area contributed by atoms with Crippen molar-refractivity contribution >= 4 is 44.3 Å². The molecule has 5 heteroatoms. The zero-order valence-electron chi connectivity index (χ0n) is 14.9. The average molecular weight is 446 g/mol. The van der Waals surface area contributed by atoms with Gasteiger partial charge in [0.1, 0.15) is 6.04 Å². The van der Waals surface area contributed by atoms with E-state index in [1.54, 1.807) is 11.8 Å². The van der Waals surface area contributed by atoms with E-state index in [0.717, 1.165) is 32.2 Å². The van der Waals surface area contributed by atoms with Crippen molar-refractivity contribution in [2.75, 3.05) is 0 Å². The van der Waals surface area contributed by atoms with Gasteiger partial charge in [-0.3, -0.25) is 0 Å². The Hall–Kier alpha value is -2.63. The van der Waals surface area contributed by atoms with E-state index in [1.165, 1.54) is 5.56 Å². The molecule has 0 radical (unpaired) electrons. The first-order valence-corrected chi connectivity index (χ1v) is 10.7. The Morgan fingerprint density at radius 2 is 1.43 bits per heavy atom. The molecule has 0 amide bonds. The summed E-state index contributed by atoms with van der Waals surface area (Å²) in [6.45, 7) is 0. The van der Waals surface area contributed by atoms with E-state index >= 15 is 0 Å². The second kappa shape index (κ2) is 7.41. The van der Waals surface area contributed by atoms with Gasteiger partial charge in [0, 0.05) is 15.4 Å². The van der Waals surface area contributed by atoms with Crippen molar-refractivity contribution in [3.8, 4) is 0 Å². The summed E-state index contributed by atoms with van der Waals surface area (Å²) in [5, 5.41) is 12.3. The first-order chi connectivity index (χ1) is 13.8. The van der Waals surface area contributed by atoms with Crippen LogP contribution in [-0.4, -0.2) is 15.8 Å². The lowest BCUT2D eigenvalue weighted by atomic mass is 9.94. The van der Waals surface area contributed by atoms with Gasteiger partial charge in [-0.05, 0) is 23.3 Å². The van der Waals surface area contributed by atoms with E-state index in [2.05, 4.69) is 97.1 Å². The lowest BCUT2D eigenvalue weighted by Crippen LogP contribution is -2.37. The summed E-state index contributed by atoms with van der Waals surface area (Å²) in [5.74, 6) is 0. The third-order valence-corrected chi connectivity index (χ3v) is 6.19. The van der Waals surface area contributed by atoms with Crippen LogP contribution >= 0.6 is 27.7 Å². The van der Waals surface area contributed by atoms with Crippen LogP contribution in [0.25, 0.3) is 5.70 Å². The van der Waals surface area contributed by atoms with E-state index < -0.39 is 0 Å². The Bertz CT molecular complexity index is 1090. The van der Waals surface area contributed by atoms with Crippen molar-refractivity contribution in [2.24, 2.45) is 10.2 Å². The zero-order chi connectivity index (χ0) is 18.9. The monoisotopic (exact) mass is 445 g/mol. The highest BCUT2D eigenvalue weighted by Gasteiger charge is 2.38. The van der Waals surface area contributed by atoms with Crippen molar-refractivity contribution in [1.29, 1.82) is 0 Å². The molecule has 3 aromatic carbocycles. The van der Waals surface area contributed by atoms with E-state index in [1.807, 2.05) is 24.3 Å². The normalized spacial score (nSPS) is 18.2. The molecule has 2 aliphatic heterocycles. The van der Waals surface area contributed by atoms with Crippen molar-refractivity contribution in [1.82, 2.24) is 4.90 Å². The topological polar surface area (TPSA) is 28.0 Å². The molecular weight excluding hydrogens is 430 g/mol. The Labute approximate surface area is 176 Å². The number of rotatable bonds is 3. The number of thioether (sulfide) groups is 1. The van der Waals surface area contributed by atoms with Crippen LogP contribution in [0.1, 0.15) is 22.7 Å². The SMILES string of the molecule is Brc1ccc(C2=CSC3=NN=C(c4ccccc4)C(c4ccccc4)N23)cc1. The fraction of sp³-hybridized carbons (Fsp3) is 0.0435. The summed E-state index contributed by atoms with van der Waals surface area (Å²) in [6, 6.07) is 29.2. The van der Waals surface area contributed by atoms with Crippen LogP contribution in [0.3, 0.4) is 0 Å². The molecular formula is C23H16BrN3S.